The van der Waals surface area contributed by atoms with Crippen LogP contribution in [0.4, 0.5) is 0 Å². The van der Waals surface area contributed by atoms with Gasteiger partial charge in [0.15, 0.2) is 0 Å². The molecular formula is C22H19N3O. The van der Waals surface area contributed by atoms with Gasteiger partial charge in [0.25, 0.3) is 0 Å². The Morgan fingerprint density at radius 2 is 1.73 bits per heavy atom. The van der Waals surface area contributed by atoms with Crippen molar-refractivity contribution < 1.29 is 4.79 Å². The van der Waals surface area contributed by atoms with Gasteiger partial charge in [-0.25, -0.2) is 5.43 Å². The number of amides is 1. The third-order valence-electron chi connectivity index (χ3n) is 4.61. The molecule has 0 aliphatic heterocycles. The Labute approximate surface area is 151 Å². The van der Waals surface area contributed by atoms with Gasteiger partial charge < -0.3 is 4.57 Å². The number of nitrogens with one attached hydrogen (secondary N) is 1. The molecule has 4 aromatic rings. The Balaban J connectivity index is 1.48. The quantitative estimate of drug-likeness (QED) is 0.442. The number of aromatic nitrogens is 1. The largest absolute Gasteiger partial charge is 0.343 e. The summed E-state index contributed by atoms with van der Waals surface area (Å²) in [5.41, 5.74) is 5.71. The van der Waals surface area contributed by atoms with Crippen LogP contribution in [0.1, 0.15) is 11.3 Å². The second-order valence-electron chi connectivity index (χ2n) is 6.30. The van der Waals surface area contributed by atoms with Gasteiger partial charge in [-0.15, -0.1) is 0 Å². The van der Waals surface area contributed by atoms with Gasteiger partial charge in [0.1, 0.15) is 0 Å². The number of fused-ring (bicyclic) bond motifs is 2. The van der Waals surface area contributed by atoms with Crippen molar-refractivity contribution in [3.63, 3.8) is 0 Å². The number of nitrogens with zero attached hydrogens (tertiary/aromatic N) is 2. The maximum absolute atomic E-state index is 12.3. The van der Waals surface area contributed by atoms with Crippen molar-refractivity contribution in [1.29, 1.82) is 0 Å². The summed E-state index contributed by atoms with van der Waals surface area (Å²) in [5.74, 6) is -0.128. The summed E-state index contributed by atoms with van der Waals surface area (Å²) in [5, 5.41) is 7.52. The molecule has 0 radical (unpaired) electrons. The summed E-state index contributed by atoms with van der Waals surface area (Å²) in [7, 11) is 1.99. The molecule has 0 unspecified atom stereocenters. The van der Waals surface area contributed by atoms with E-state index in [9.17, 15) is 4.79 Å². The van der Waals surface area contributed by atoms with E-state index in [1.165, 1.54) is 0 Å². The van der Waals surface area contributed by atoms with Crippen LogP contribution in [0.3, 0.4) is 0 Å². The van der Waals surface area contributed by atoms with Crippen LogP contribution in [-0.4, -0.2) is 16.7 Å². The number of benzene rings is 3. The molecular weight excluding hydrogens is 322 g/mol. The van der Waals surface area contributed by atoms with E-state index in [0.717, 1.165) is 32.9 Å². The average molecular weight is 341 g/mol. The second-order valence-corrected chi connectivity index (χ2v) is 6.30. The van der Waals surface area contributed by atoms with Crippen LogP contribution >= 0.6 is 0 Å². The van der Waals surface area contributed by atoms with Gasteiger partial charge in [-0.1, -0.05) is 60.7 Å². The van der Waals surface area contributed by atoms with Crippen molar-refractivity contribution in [2.24, 2.45) is 12.1 Å². The molecule has 0 bridgehead atoms. The van der Waals surface area contributed by atoms with Crippen LogP contribution in [0.5, 0.6) is 0 Å². The molecule has 0 saturated heterocycles. The van der Waals surface area contributed by atoms with Crippen molar-refractivity contribution in [2.45, 2.75) is 6.42 Å². The molecule has 1 amide bonds. The molecule has 0 aliphatic rings. The molecule has 0 aliphatic carbocycles. The van der Waals surface area contributed by atoms with Crippen LogP contribution in [0.15, 0.2) is 77.9 Å². The number of hydrogen-bond acceptors (Lipinski definition) is 2. The van der Waals surface area contributed by atoms with Gasteiger partial charge in [0.05, 0.1) is 18.3 Å². The fourth-order valence-corrected chi connectivity index (χ4v) is 3.26. The lowest BCUT2D eigenvalue weighted by Crippen LogP contribution is -2.20. The van der Waals surface area contributed by atoms with E-state index >= 15 is 0 Å². The van der Waals surface area contributed by atoms with Crippen molar-refractivity contribution >= 4 is 33.8 Å². The number of aryl methyl sites for hydroxylation is 1. The average Bonchev–Trinajstić information content (AvgIpc) is 2.98. The van der Waals surface area contributed by atoms with Crippen molar-refractivity contribution in [1.82, 2.24) is 9.99 Å². The normalized spacial score (nSPS) is 11.4. The maximum Gasteiger partial charge on any atom is 0.244 e. The van der Waals surface area contributed by atoms with Gasteiger partial charge >= 0.3 is 0 Å². The zero-order valence-electron chi connectivity index (χ0n) is 14.5. The summed E-state index contributed by atoms with van der Waals surface area (Å²) in [4.78, 5) is 12.3. The van der Waals surface area contributed by atoms with E-state index in [1.54, 1.807) is 6.21 Å². The van der Waals surface area contributed by atoms with Crippen molar-refractivity contribution in [2.75, 3.05) is 0 Å². The van der Waals surface area contributed by atoms with Gasteiger partial charge in [-0.05, 0) is 28.5 Å². The zero-order valence-corrected chi connectivity index (χ0v) is 14.5. The van der Waals surface area contributed by atoms with Crippen LogP contribution in [0, 0.1) is 0 Å². The van der Waals surface area contributed by atoms with Crippen LogP contribution in [0.2, 0.25) is 0 Å². The molecule has 26 heavy (non-hydrogen) atoms. The fourth-order valence-electron chi connectivity index (χ4n) is 3.26. The monoisotopic (exact) mass is 341 g/mol. The number of carbonyl (C=O) groups excluding carboxylic acids is 1. The Morgan fingerprint density at radius 3 is 2.58 bits per heavy atom. The molecule has 1 aromatic heterocycles. The van der Waals surface area contributed by atoms with E-state index < -0.39 is 0 Å². The molecule has 4 nitrogen and oxygen atoms in total. The summed E-state index contributed by atoms with van der Waals surface area (Å²) < 4.78 is 2.05. The first kappa shape index (κ1) is 16.1. The highest BCUT2D eigenvalue weighted by molar-refractivity contribution is 5.92. The molecule has 1 heterocycles. The number of hydrazone groups is 1. The third-order valence-corrected chi connectivity index (χ3v) is 4.61. The predicted octanol–water partition coefficient (Wildman–Crippen LogP) is 4.02. The van der Waals surface area contributed by atoms with Gasteiger partial charge in [0.2, 0.25) is 5.91 Å². The predicted molar refractivity (Wildman–Crippen MR) is 106 cm³/mol. The molecule has 0 atom stereocenters. The van der Waals surface area contributed by atoms with Crippen LogP contribution < -0.4 is 5.43 Å². The standard InChI is InChI=1S/C22H19N3O/c1-25-19(13-18-8-3-5-12-21(18)25)15-23-24-22(26)14-17-10-6-9-16-7-2-4-11-20(16)17/h2-13,15H,14H2,1H3,(H,24,26). The highest BCUT2D eigenvalue weighted by Gasteiger charge is 2.06. The van der Waals surface area contributed by atoms with E-state index in [4.69, 9.17) is 0 Å². The Bertz CT molecular complexity index is 1120. The Kier molecular flexibility index (Phi) is 4.23. The molecule has 0 spiro atoms. The molecule has 1 N–H and O–H groups in total. The fraction of sp³-hybridized carbons (Fsp3) is 0.0909. The highest BCUT2D eigenvalue weighted by atomic mass is 16.2. The van der Waals surface area contributed by atoms with Crippen molar-refractivity contribution in [3.05, 3.63) is 84.1 Å². The highest BCUT2D eigenvalue weighted by Crippen LogP contribution is 2.19. The molecule has 0 saturated carbocycles. The first-order chi connectivity index (χ1) is 12.7. The molecule has 3 aromatic carbocycles. The first-order valence-electron chi connectivity index (χ1n) is 8.55. The summed E-state index contributed by atoms with van der Waals surface area (Å²) in [6, 6.07) is 24.3. The zero-order chi connectivity index (χ0) is 17.9. The number of para-hydroxylation sites is 1. The molecule has 128 valence electrons. The third kappa shape index (κ3) is 3.09. The molecule has 0 fully saturated rings. The Morgan fingerprint density at radius 1 is 1.00 bits per heavy atom. The van der Waals surface area contributed by atoms with Gasteiger partial charge in [-0.3, -0.25) is 4.79 Å². The minimum absolute atomic E-state index is 0.128. The van der Waals surface area contributed by atoms with Crippen LogP contribution in [0.25, 0.3) is 21.7 Å². The van der Waals surface area contributed by atoms with Gasteiger partial charge in [-0.2, -0.15) is 5.10 Å². The summed E-state index contributed by atoms with van der Waals surface area (Å²) in [6.45, 7) is 0. The molecule has 4 heteroatoms. The minimum atomic E-state index is -0.128. The van der Waals surface area contributed by atoms with E-state index in [2.05, 4.69) is 45.4 Å². The Hall–Kier alpha value is -3.40. The van der Waals surface area contributed by atoms with E-state index in [0.29, 0.717) is 6.42 Å². The number of hydrogen-bond donors (Lipinski definition) is 1. The summed E-state index contributed by atoms with van der Waals surface area (Å²) >= 11 is 0. The smallest absolute Gasteiger partial charge is 0.244 e. The van der Waals surface area contributed by atoms with Crippen LogP contribution in [-0.2, 0) is 18.3 Å². The topological polar surface area (TPSA) is 46.4 Å². The van der Waals surface area contributed by atoms with E-state index in [1.807, 2.05) is 49.5 Å². The lowest BCUT2D eigenvalue weighted by molar-refractivity contribution is -0.120. The first-order valence-corrected chi connectivity index (χ1v) is 8.55. The summed E-state index contributed by atoms with van der Waals surface area (Å²) in [6.07, 6.45) is 1.98. The lowest BCUT2D eigenvalue weighted by Gasteiger charge is -2.05. The second kappa shape index (κ2) is 6.84. The lowest BCUT2D eigenvalue weighted by atomic mass is 10.0. The van der Waals surface area contributed by atoms with E-state index in [-0.39, 0.29) is 5.91 Å². The number of rotatable bonds is 4. The number of carbonyl (C=O) groups is 1. The SMILES string of the molecule is Cn1c(C=NNC(=O)Cc2cccc3ccccc23)cc2ccccc21. The maximum atomic E-state index is 12.3. The van der Waals surface area contributed by atoms with Gasteiger partial charge in [0, 0.05) is 18.0 Å². The van der Waals surface area contributed by atoms with Crippen molar-refractivity contribution in [3.8, 4) is 0 Å². The molecule has 4 rings (SSSR count). The minimum Gasteiger partial charge on any atom is -0.343 e.